The van der Waals surface area contributed by atoms with Gasteiger partial charge in [-0.15, -0.1) is 0 Å². The average molecular weight is 779 g/mol. The molecule has 0 N–H and O–H groups in total. The molecule has 57 heavy (non-hydrogen) atoms. The van der Waals surface area contributed by atoms with Crippen molar-refractivity contribution in [1.29, 1.82) is 0 Å². The van der Waals surface area contributed by atoms with Gasteiger partial charge in [-0.2, -0.15) is 0 Å². The topological polar surface area (TPSA) is 167 Å². The first-order valence-corrected chi connectivity index (χ1v) is 18.1. The van der Waals surface area contributed by atoms with Gasteiger partial charge >= 0.3 is 35.8 Å². The van der Waals surface area contributed by atoms with E-state index >= 15 is 0 Å². The quantitative estimate of drug-likeness (QED) is 0.0324. The van der Waals surface area contributed by atoms with E-state index in [-0.39, 0.29) is 48.7 Å². The fraction of sp³-hybridized carbons (Fsp3) is 0.227. The molecule has 0 aliphatic rings. The fourth-order valence-electron chi connectivity index (χ4n) is 4.86. The van der Waals surface area contributed by atoms with Crippen LogP contribution in [0.2, 0.25) is 0 Å². The van der Waals surface area contributed by atoms with E-state index in [9.17, 15) is 28.8 Å². The van der Waals surface area contributed by atoms with Gasteiger partial charge in [0.15, 0.2) is 0 Å². The number of rotatable bonds is 22. The average Bonchev–Trinajstić information content (AvgIpc) is 3.22. The number of hydrogen-bond donors (Lipinski definition) is 0. The first kappa shape index (κ1) is 42.7. The molecule has 0 aliphatic carbocycles. The highest BCUT2D eigenvalue weighted by molar-refractivity contribution is 5.92. The number of carbonyl (C=O) groups excluding carboxylic acids is 6. The molecular weight excluding hydrogens is 736 g/mol. The molecule has 4 rings (SSSR count). The summed E-state index contributed by atoms with van der Waals surface area (Å²) in [6, 6.07) is 24.8. The second-order valence-corrected chi connectivity index (χ2v) is 12.2. The van der Waals surface area contributed by atoms with E-state index < -0.39 is 35.8 Å². The van der Waals surface area contributed by atoms with Gasteiger partial charge in [0.1, 0.15) is 34.5 Å². The molecule has 0 saturated heterocycles. The summed E-state index contributed by atoms with van der Waals surface area (Å²) in [5, 5.41) is 0. The van der Waals surface area contributed by atoms with Crippen LogP contribution in [0, 0.1) is 0 Å². The minimum atomic E-state index is -0.603. The highest BCUT2D eigenvalue weighted by Gasteiger charge is 2.13. The van der Waals surface area contributed by atoms with E-state index in [1.165, 1.54) is 48.5 Å². The third-order valence-electron chi connectivity index (χ3n) is 7.82. The van der Waals surface area contributed by atoms with Gasteiger partial charge < -0.3 is 33.2 Å². The molecule has 0 aromatic heterocycles. The van der Waals surface area contributed by atoms with Crippen LogP contribution in [-0.4, -0.2) is 49.0 Å². The predicted molar refractivity (Wildman–Crippen MR) is 206 cm³/mol. The molecule has 296 valence electrons. The maximum absolute atomic E-state index is 12.7. The Balaban J connectivity index is 1.14. The van der Waals surface area contributed by atoms with Crippen LogP contribution in [-0.2, 0) is 28.7 Å². The van der Waals surface area contributed by atoms with Crippen molar-refractivity contribution in [2.45, 2.75) is 51.4 Å². The van der Waals surface area contributed by atoms with Crippen LogP contribution in [0.4, 0.5) is 0 Å². The van der Waals surface area contributed by atoms with Crippen LogP contribution in [0.3, 0.4) is 0 Å². The van der Waals surface area contributed by atoms with Gasteiger partial charge in [0.2, 0.25) is 0 Å². The third kappa shape index (κ3) is 15.7. The summed E-state index contributed by atoms with van der Waals surface area (Å²) >= 11 is 0. The van der Waals surface area contributed by atoms with Gasteiger partial charge in [-0.3, -0.25) is 9.59 Å². The maximum Gasteiger partial charge on any atom is 0.343 e. The Morgan fingerprint density at radius 1 is 0.404 bits per heavy atom. The summed E-state index contributed by atoms with van der Waals surface area (Å²) < 4.78 is 37.2. The van der Waals surface area contributed by atoms with Crippen LogP contribution in [0.5, 0.6) is 34.5 Å². The van der Waals surface area contributed by atoms with Crippen LogP contribution >= 0.6 is 0 Å². The number of esters is 6. The molecule has 0 unspecified atom stereocenters. The van der Waals surface area contributed by atoms with Crippen molar-refractivity contribution < 1.29 is 61.9 Å². The van der Waals surface area contributed by atoms with Gasteiger partial charge in [0.05, 0.1) is 24.3 Å². The SMILES string of the molecule is C=CC(=O)OCCCCCC(=O)Oc1ccc(C(=O)Oc2ccc(Oc3ccc(OC(=O)c4ccc(OC(=O)CCCCCOC(=O)C=C)cc4)cc3)cc2)cc1. The molecule has 13 heteroatoms. The zero-order chi connectivity index (χ0) is 40.8. The lowest BCUT2D eigenvalue weighted by Gasteiger charge is -2.09. The lowest BCUT2D eigenvalue weighted by atomic mass is 10.2. The summed E-state index contributed by atoms with van der Waals surface area (Å²) in [6.45, 7) is 7.18. The molecule has 13 nitrogen and oxygen atoms in total. The minimum Gasteiger partial charge on any atom is -0.463 e. The van der Waals surface area contributed by atoms with E-state index in [0.29, 0.717) is 61.5 Å². The van der Waals surface area contributed by atoms with E-state index in [4.69, 9.17) is 33.2 Å². The van der Waals surface area contributed by atoms with E-state index in [0.717, 1.165) is 12.2 Å². The molecule has 0 heterocycles. The molecule has 0 radical (unpaired) electrons. The Kier molecular flexibility index (Phi) is 17.3. The fourth-order valence-corrected chi connectivity index (χ4v) is 4.86. The Bertz CT molecular complexity index is 1840. The van der Waals surface area contributed by atoms with Crippen LogP contribution in [0.15, 0.2) is 122 Å². The van der Waals surface area contributed by atoms with Crippen molar-refractivity contribution >= 4 is 35.8 Å². The molecular formula is C44H42O13. The number of unbranched alkanes of at least 4 members (excludes halogenated alkanes) is 4. The van der Waals surface area contributed by atoms with Gasteiger partial charge in [-0.05, 0) is 136 Å². The lowest BCUT2D eigenvalue weighted by Crippen LogP contribution is -2.10. The molecule has 0 spiro atoms. The Hall–Kier alpha value is -7.02. The van der Waals surface area contributed by atoms with Crippen molar-refractivity contribution in [2.75, 3.05) is 13.2 Å². The van der Waals surface area contributed by atoms with Crippen LogP contribution in [0.1, 0.15) is 72.1 Å². The zero-order valence-electron chi connectivity index (χ0n) is 31.2. The summed E-state index contributed by atoms with van der Waals surface area (Å²) in [6.07, 6.45) is 6.38. The molecule has 0 bridgehead atoms. The monoisotopic (exact) mass is 778 g/mol. The van der Waals surface area contributed by atoms with Crippen LogP contribution in [0.25, 0.3) is 0 Å². The van der Waals surface area contributed by atoms with E-state index in [1.807, 2.05) is 0 Å². The van der Waals surface area contributed by atoms with Gasteiger partial charge in [-0.25, -0.2) is 19.2 Å². The summed E-state index contributed by atoms with van der Waals surface area (Å²) in [5.74, 6) is -0.896. The van der Waals surface area contributed by atoms with E-state index in [2.05, 4.69) is 13.2 Å². The smallest absolute Gasteiger partial charge is 0.343 e. The first-order chi connectivity index (χ1) is 27.6. The highest BCUT2D eigenvalue weighted by atomic mass is 16.6. The maximum atomic E-state index is 12.7. The number of ether oxygens (including phenoxy) is 7. The Morgan fingerprint density at radius 3 is 1.07 bits per heavy atom. The lowest BCUT2D eigenvalue weighted by molar-refractivity contribution is -0.138. The third-order valence-corrected chi connectivity index (χ3v) is 7.82. The van der Waals surface area contributed by atoms with Gasteiger partial charge in [-0.1, -0.05) is 13.2 Å². The Morgan fingerprint density at radius 2 is 0.719 bits per heavy atom. The minimum absolute atomic E-state index is 0.198. The predicted octanol–water partition coefficient (Wildman–Crippen LogP) is 8.31. The van der Waals surface area contributed by atoms with Crippen molar-refractivity contribution in [2.24, 2.45) is 0 Å². The van der Waals surface area contributed by atoms with Crippen molar-refractivity contribution in [3.8, 4) is 34.5 Å². The molecule has 4 aromatic carbocycles. The molecule has 0 atom stereocenters. The normalized spacial score (nSPS) is 10.3. The van der Waals surface area contributed by atoms with Crippen molar-refractivity contribution in [3.63, 3.8) is 0 Å². The van der Waals surface area contributed by atoms with Gasteiger partial charge in [0.25, 0.3) is 0 Å². The number of carbonyl (C=O) groups is 6. The van der Waals surface area contributed by atoms with Crippen LogP contribution < -0.4 is 23.7 Å². The molecule has 4 aromatic rings. The summed E-state index contributed by atoms with van der Waals surface area (Å²) in [4.78, 5) is 71.7. The summed E-state index contributed by atoms with van der Waals surface area (Å²) in [7, 11) is 0. The molecule has 0 amide bonds. The largest absolute Gasteiger partial charge is 0.463 e. The second-order valence-electron chi connectivity index (χ2n) is 12.2. The number of hydrogen-bond acceptors (Lipinski definition) is 13. The van der Waals surface area contributed by atoms with Gasteiger partial charge in [0, 0.05) is 25.0 Å². The summed E-state index contributed by atoms with van der Waals surface area (Å²) in [5.41, 5.74) is 0.517. The molecule has 0 fully saturated rings. The van der Waals surface area contributed by atoms with Crippen molar-refractivity contribution in [1.82, 2.24) is 0 Å². The number of benzene rings is 4. The molecule has 0 aliphatic heterocycles. The Labute approximate surface area is 329 Å². The highest BCUT2D eigenvalue weighted by Crippen LogP contribution is 2.27. The van der Waals surface area contributed by atoms with Crippen molar-refractivity contribution in [3.05, 3.63) is 133 Å². The second kappa shape index (κ2) is 23.0. The van der Waals surface area contributed by atoms with E-state index in [1.54, 1.807) is 48.5 Å². The zero-order valence-corrected chi connectivity index (χ0v) is 31.2. The standard InChI is InChI=1S/C44H42O13/c1-3-39(45)51-29-9-5-7-11-41(47)54-35-17-13-31(14-18-35)43(49)56-37-25-21-33(22-26-37)53-34-23-27-38(28-24-34)57-44(50)32-15-19-36(20-16-32)55-42(48)12-8-6-10-30-52-40(46)4-2/h3-4,13-28H,1-2,5-12,29-30H2. The molecule has 0 saturated carbocycles. The first-order valence-electron chi connectivity index (χ1n) is 18.1.